The Hall–Kier alpha value is -2.00. The summed E-state index contributed by atoms with van der Waals surface area (Å²) in [6.07, 6.45) is 10.9. The molecule has 0 aromatic carbocycles. The number of hydrogen-bond acceptors (Lipinski definition) is 7. The Labute approximate surface area is 193 Å². The van der Waals surface area contributed by atoms with E-state index in [0.29, 0.717) is 11.5 Å². The van der Waals surface area contributed by atoms with Gasteiger partial charge in [0.2, 0.25) is 16.0 Å². The van der Waals surface area contributed by atoms with E-state index in [4.69, 9.17) is 4.98 Å². The van der Waals surface area contributed by atoms with Crippen LogP contribution in [0.2, 0.25) is 0 Å². The van der Waals surface area contributed by atoms with Crippen LogP contribution in [0.3, 0.4) is 0 Å². The van der Waals surface area contributed by atoms with Crippen molar-refractivity contribution in [1.29, 1.82) is 0 Å². The van der Waals surface area contributed by atoms with E-state index in [1.165, 1.54) is 41.5 Å². The number of fused-ring (bicyclic) bond motifs is 2. The summed E-state index contributed by atoms with van der Waals surface area (Å²) in [5.41, 5.74) is 1.79. The molecule has 0 spiro atoms. The van der Waals surface area contributed by atoms with Gasteiger partial charge in [0.15, 0.2) is 0 Å². The highest BCUT2D eigenvalue weighted by molar-refractivity contribution is 7.20. The van der Waals surface area contributed by atoms with Gasteiger partial charge in [-0.3, -0.25) is 9.59 Å². The van der Waals surface area contributed by atoms with E-state index in [0.717, 1.165) is 87.6 Å². The predicted molar refractivity (Wildman–Crippen MR) is 127 cm³/mol. The van der Waals surface area contributed by atoms with Crippen molar-refractivity contribution in [2.45, 2.75) is 64.2 Å². The molecule has 4 heterocycles. The summed E-state index contributed by atoms with van der Waals surface area (Å²) in [5, 5.41) is 8.60. The molecule has 2 fully saturated rings. The molecule has 2 aromatic heterocycles. The van der Waals surface area contributed by atoms with Crippen LogP contribution in [0, 0.1) is 5.92 Å². The third kappa shape index (κ3) is 4.69. The van der Waals surface area contributed by atoms with Gasteiger partial charge in [-0.15, -0.1) is 5.10 Å². The fraction of sp³-hybridized carbons (Fsp3) is 0.739. The van der Waals surface area contributed by atoms with Crippen molar-refractivity contribution in [3.8, 4) is 0 Å². The lowest BCUT2D eigenvalue weighted by atomic mass is 9.97. The van der Waals surface area contributed by atoms with E-state index in [9.17, 15) is 9.59 Å². The number of hydrogen-bond donors (Lipinski definition) is 1. The molecule has 8 nitrogen and oxygen atoms in total. The number of carbonyl (C=O) groups excluding carboxylic acids is 1. The lowest BCUT2D eigenvalue weighted by Crippen LogP contribution is -2.45. The van der Waals surface area contributed by atoms with E-state index < -0.39 is 0 Å². The van der Waals surface area contributed by atoms with Gasteiger partial charge in [0.25, 0.3) is 5.56 Å². The second-order valence-electron chi connectivity index (χ2n) is 9.46. The van der Waals surface area contributed by atoms with Gasteiger partial charge in [0, 0.05) is 31.7 Å². The van der Waals surface area contributed by atoms with Gasteiger partial charge in [-0.25, -0.2) is 4.98 Å². The van der Waals surface area contributed by atoms with Crippen LogP contribution < -0.4 is 15.8 Å². The number of amides is 1. The first-order valence-electron chi connectivity index (χ1n) is 12.4. The highest BCUT2D eigenvalue weighted by Crippen LogP contribution is 2.28. The first kappa shape index (κ1) is 21.8. The highest BCUT2D eigenvalue weighted by atomic mass is 32.1. The Morgan fingerprint density at radius 1 is 1.03 bits per heavy atom. The number of aromatic nitrogens is 3. The Morgan fingerprint density at radius 3 is 2.69 bits per heavy atom. The van der Waals surface area contributed by atoms with Crippen LogP contribution in [0.5, 0.6) is 0 Å². The molecule has 2 saturated heterocycles. The zero-order valence-electron chi connectivity index (χ0n) is 18.9. The van der Waals surface area contributed by atoms with Gasteiger partial charge in [0.1, 0.15) is 0 Å². The summed E-state index contributed by atoms with van der Waals surface area (Å²) >= 11 is 1.47. The third-order valence-electron chi connectivity index (χ3n) is 7.16. The maximum atomic E-state index is 12.9. The number of carbonyl (C=O) groups is 1. The molecular formula is C23H34N6O2S. The predicted octanol–water partition coefficient (Wildman–Crippen LogP) is 2.24. The van der Waals surface area contributed by atoms with E-state index in [-0.39, 0.29) is 17.4 Å². The molecule has 1 aliphatic carbocycles. The average Bonchev–Trinajstić information content (AvgIpc) is 3.08. The Bertz CT molecular complexity index is 1010. The normalized spacial score (nSPS) is 22.5. The molecular weight excluding hydrogens is 424 g/mol. The minimum atomic E-state index is -0.0298. The first-order chi connectivity index (χ1) is 15.7. The standard InChI is InChI=1S/C23H34N6O2S/c30-20(24-11-15-27-12-5-1-2-6-13-27)17-8-7-14-28(16-17)23-26-29-21(31)18-9-3-4-10-19(18)25-22(29)32-23/h17H,1-16H2,(H,24,30)/t17-/m1/s1. The van der Waals surface area contributed by atoms with E-state index in [2.05, 4.69) is 20.2 Å². The maximum absolute atomic E-state index is 12.9. The number of likely N-dealkylation sites (tertiary alicyclic amines) is 1. The van der Waals surface area contributed by atoms with Gasteiger partial charge in [-0.1, -0.05) is 24.2 Å². The van der Waals surface area contributed by atoms with E-state index in [1.54, 1.807) is 0 Å². The molecule has 0 saturated carbocycles. The highest BCUT2D eigenvalue weighted by Gasteiger charge is 2.28. The zero-order chi connectivity index (χ0) is 21.9. The molecule has 5 rings (SSSR count). The summed E-state index contributed by atoms with van der Waals surface area (Å²) in [4.78, 5) is 35.8. The Kier molecular flexibility index (Phi) is 6.73. The third-order valence-corrected chi connectivity index (χ3v) is 8.13. The second kappa shape index (κ2) is 9.87. The van der Waals surface area contributed by atoms with Crippen molar-refractivity contribution in [3.63, 3.8) is 0 Å². The molecule has 2 aliphatic heterocycles. The molecule has 1 atom stereocenters. The van der Waals surface area contributed by atoms with Crippen LogP contribution in [0.4, 0.5) is 5.13 Å². The molecule has 32 heavy (non-hydrogen) atoms. The molecule has 0 unspecified atom stereocenters. The van der Waals surface area contributed by atoms with Crippen molar-refractivity contribution in [2.24, 2.45) is 5.92 Å². The van der Waals surface area contributed by atoms with Crippen molar-refractivity contribution in [3.05, 3.63) is 21.6 Å². The number of nitrogens with zero attached hydrogens (tertiary/aromatic N) is 5. The van der Waals surface area contributed by atoms with Gasteiger partial charge in [-0.05, 0) is 64.5 Å². The van der Waals surface area contributed by atoms with Crippen molar-refractivity contribution >= 4 is 27.3 Å². The molecule has 1 amide bonds. The number of piperidine rings is 1. The van der Waals surface area contributed by atoms with Crippen molar-refractivity contribution < 1.29 is 4.79 Å². The van der Waals surface area contributed by atoms with Crippen LogP contribution in [0.1, 0.15) is 62.6 Å². The summed E-state index contributed by atoms with van der Waals surface area (Å²) in [6.45, 7) is 5.50. The van der Waals surface area contributed by atoms with Gasteiger partial charge in [-0.2, -0.15) is 4.52 Å². The molecule has 9 heteroatoms. The van der Waals surface area contributed by atoms with Gasteiger partial charge in [0.05, 0.1) is 11.6 Å². The summed E-state index contributed by atoms with van der Waals surface area (Å²) < 4.78 is 1.48. The summed E-state index contributed by atoms with van der Waals surface area (Å²) in [5.74, 6) is 0.120. The Morgan fingerprint density at radius 2 is 1.84 bits per heavy atom. The summed E-state index contributed by atoms with van der Waals surface area (Å²) in [7, 11) is 0. The largest absolute Gasteiger partial charge is 0.355 e. The number of anilines is 1. The van der Waals surface area contributed by atoms with Crippen LogP contribution in [0.15, 0.2) is 4.79 Å². The fourth-order valence-electron chi connectivity index (χ4n) is 5.30. The second-order valence-corrected chi connectivity index (χ2v) is 10.4. The smallest absolute Gasteiger partial charge is 0.278 e. The van der Waals surface area contributed by atoms with Gasteiger partial charge >= 0.3 is 0 Å². The van der Waals surface area contributed by atoms with E-state index in [1.807, 2.05) is 0 Å². The maximum Gasteiger partial charge on any atom is 0.278 e. The lowest BCUT2D eigenvalue weighted by molar-refractivity contribution is -0.125. The molecule has 2 aromatic rings. The van der Waals surface area contributed by atoms with Crippen LogP contribution in [-0.4, -0.2) is 64.7 Å². The van der Waals surface area contributed by atoms with Crippen molar-refractivity contribution in [2.75, 3.05) is 44.2 Å². The minimum Gasteiger partial charge on any atom is -0.355 e. The SMILES string of the molecule is O=C(NCCN1CCCCCC1)[C@@H]1CCCN(c2nn3c(=O)c4c(nc3s2)CCCC4)C1. The van der Waals surface area contributed by atoms with Crippen molar-refractivity contribution in [1.82, 2.24) is 24.8 Å². The molecule has 1 N–H and O–H groups in total. The van der Waals surface area contributed by atoms with Crippen LogP contribution in [0.25, 0.3) is 4.96 Å². The fourth-order valence-corrected chi connectivity index (χ4v) is 6.24. The summed E-state index contributed by atoms with van der Waals surface area (Å²) in [6, 6.07) is 0. The van der Waals surface area contributed by atoms with Crippen LogP contribution in [-0.2, 0) is 17.6 Å². The topological polar surface area (TPSA) is 82.8 Å². The monoisotopic (exact) mass is 458 g/mol. The lowest BCUT2D eigenvalue weighted by Gasteiger charge is -2.31. The minimum absolute atomic E-state index is 0.00739. The zero-order valence-corrected chi connectivity index (χ0v) is 19.7. The van der Waals surface area contributed by atoms with E-state index >= 15 is 0 Å². The number of aryl methyl sites for hydroxylation is 1. The van der Waals surface area contributed by atoms with Gasteiger partial charge < -0.3 is 15.1 Å². The molecule has 3 aliphatic rings. The molecule has 0 bridgehead atoms. The Balaban J connectivity index is 1.21. The van der Waals surface area contributed by atoms with Crippen LogP contribution >= 0.6 is 11.3 Å². The average molecular weight is 459 g/mol. The molecule has 174 valence electrons. The number of nitrogens with one attached hydrogen (secondary N) is 1. The quantitative estimate of drug-likeness (QED) is 0.740. The number of rotatable bonds is 5. The molecule has 0 radical (unpaired) electrons. The first-order valence-corrected chi connectivity index (χ1v) is 13.2.